The third kappa shape index (κ3) is 3.21. The van der Waals surface area contributed by atoms with Crippen LogP contribution in [0.15, 0.2) is 23.6 Å². The van der Waals surface area contributed by atoms with E-state index in [0.29, 0.717) is 21.6 Å². The lowest BCUT2D eigenvalue weighted by atomic mass is 10.1. The lowest BCUT2D eigenvalue weighted by Crippen LogP contribution is -1.89. The molecule has 0 aliphatic carbocycles. The van der Waals surface area contributed by atoms with Crippen molar-refractivity contribution in [3.63, 3.8) is 0 Å². The first kappa shape index (κ1) is 14.8. The van der Waals surface area contributed by atoms with Gasteiger partial charge in [0.1, 0.15) is 0 Å². The van der Waals surface area contributed by atoms with Crippen molar-refractivity contribution in [3.05, 3.63) is 49.9 Å². The Morgan fingerprint density at radius 1 is 1.24 bits per heavy atom. The molecular formula is C14H11Cl2N3S2. The standard InChI is InChI=1S/C14H11Cl2N3S2/c1-7-13(21-14(17)18-7)11-6-20-12(19-11)4-8-2-3-9(15)5-10(8)16/h2-3,5-6H,4H2,1H3,(H2,17,18). The molecule has 108 valence electrons. The van der Waals surface area contributed by atoms with E-state index in [9.17, 15) is 0 Å². The summed E-state index contributed by atoms with van der Waals surface area (Å²) in [5.41, 5.74) is 8.59. The predicted molar refractivity (Wildman–Crippen MR) is 91.6 cm³/mol. The minimum Gasteiger partial charge on any atom is -0.375 e. The van der Waals surface area contributed by atoms with Crippen LogP contribution in [-0.4, -0.2) is 9.97 Å². The second-order valence-corrected chi connectivity index (χ2v) is 7.32. The highest BCUT2D eigenvalue weighted by molar-refractivity contribution is 7.19. The SMILES string of the molecule is Cc1nc(N)sc1-c1csc(Cc2ccc(Cl)cc2Cl)n1. The maximum atomic E-state index is 6.20. The maximum Gasteiger partial charge on any atom is 0.180 e. The molecule has 0 radical (unpaired) electrons. The van der Waals surface area contributed by atoms with E-state index in [-0.39, 0.29) is 0 Å². The van der Waals surface area contributed by atoms with Crippen LogP contribution in [0.4, 0.5) is 5.13 Å². The number of aromatic nitrogens is 2. The monoisotopic (exact) mass is 355 g/mol. The molecule has 3 aromatic rings. The number of nitrogen functional groups attached to an aromatic ring is 1. The van der Waals surface area contributed by atoms with E-state index in [1.165, 1.54) is 11.3 Å². The number of benzene rings is 1. The molecule has 0 bridgehead atoms. The van der Waals surface area contributed by atoms with E-state index in [2.05, 4.69) is 9.97 Å². The predicted octanol–water partition coefficient (Wildman–Crippen LogP) is 5.05. The zero-order chi connectivity index (χ0) is 15.0. The Bertz CT molecular complexity index is 795. The number of aryl methyl sites for hydroxylation is 1. The van der Waals surface area contributed by atoms with Gasteiger partial charge in [-0.2, -0.15) is 0 Å². The van der Waals surface area contributed by atoms with Crippen LogP contribution in [0.5, 0.6) is 0 Å². The molecule has 0 fully saturated rings. The first-order valence-electron chi connectivity index (χ1n) is 6.14. The summed E-state index contributed by atoms with van der Waals surface area (Å²) in [5.74, 6) is 0. The molecule has 0 amide bonds. The molecule has 21 heavy (non-hydrogen) atoms. The maximum absolute atomic E-state index is 6.20. The van der Waals surface area contributed by atoms with Gasteiger partial charge in [0.05, 0.1) is 21.3 Å². The third-order valence-electron chi connectivity index (χ3n) is 2.95. The Kier molecular flexibility index (Phi) is 4.17. The van der Waals surface area contributed by atoms with Gasteiger partial charge in [-0.15, -0.1) is 11.3 Å². The molecule has 3 rings (SSSR count). The van der Waals surface area contributed by atoms with Crippen molar-refractivity contribution in [1.29, 1.82) is 0 Å². The van der Waals surface area contributed by atoms with Crippen LogP contribution in [0, 0.1) is 6.92 Å². The fourth-order valence-electron chi connectivity index (χ4n) is 1.98. The lowest BCUT2D eigenvalue weighted by molar-refractivity contribution is 1.14. The second kappa shape index (κ2) is 5.93. The van der Waals surface area contributed by atoms with Crippen LogP contribution in [0.3, 0.4) is 0 Å². The van der Waals surface area contributed by atoms with Gasteiger partial charge in [-0.25, -0.2) is 9.97 Å². The zero-order valence-corrected chi connectivity index (χ0v) is 14.2. The van der Waals surface area contributed by atoms with E-state index in [1.54, 1.807) is 17.4 Å². The first-order valence-corrected chi connectivity index (χ1v) is 8.60. The minimum atomic E-state index is 0.567. The third-order valence-corrected chi connectivity index (χ3v) is 5.40. The molecule has 0 saturated carbocycles. The smallest absolute Gasteiger partial charge is 0.180 e. The molecule has 0 saturated heterocycles. The number of hydrogen-bond acceptors (Lipinski definition) is 5. The molecule has 0 spiro atoms. The molecule has 0 unspecified atom stereocenters. The molecule has 2 aromatic heterocycles. The molecule has 0 aliphatic rings. The van der Waals surface area contributed by atoms with E-state index in [1.807, 2.05) is 24.4 Å². The second-order valence-electron chi connectivity index (χ2n) is 4.51. The van der Waals surface area contributed by atoms with Crippen molar-refractivity contribution < 1.29 is 0 Å². The molecule has 0 atom stereocenters. The van der Waals surface area contributed by atoms with Crippen molar-refractivity contribution in [1.82, 2.24) is 9.97 Å². The summed E-state index contributed by atoms with van der Waals surface area (Å²) in [6.07, 6.45) is 0.688. The summed E-state index contributed by atoms with van der Waals surface area (Å²) in [6, 6.07) is 5.52. The van der Waals surface area contributed by atoms with Gasteiger partial charge in [0, 0.05) is 21.8 Å². The molecule has 3 nitrogen and oxygen atoms in total. The summed E-state index contributed by atoms with van der Waals surface area (Å²) in [4.78, 5) is 9.91. The van der Waals surface area contributed by atoms with Gasteiger partial charge in [-0.05, 0) is 24.6 Å². The van der Waals surface area contributed by atoms with Gasteiger partial charge in [0.15, 0.2) is 5.13 Å². The van der Waals surface area contributed by atoms with Gasteiger partial charge in [-0.1, -0.05) is 40.6 Å². The van der Waals surface area contributed by atoms with Gasteiger partial charge in [0.2, 0.25) is 0 Å². The average Bonchev–Trinajstić information content (AvgIpc) is 2.99. The van der Waals surface area contributed by atoms with Crippen LogP contribution in [-0.2, 0) is 6.42 Å². The average molecular weight is 356 g/mol. The van der Waals surface area contributed by atoms with Gasteiger partial charge in [-0.3, -0.25) is 0 Å². The minimum absolute atomic E-state index is 0.567. The number of hydrogen-bond donors (Lipinski definition) is 1. The topological polar surface area (TPSA) is 51.8 Å². The summed E-state index contributed by atoms with van der Waals surface area (Å²) < 4.78 is 0. The van der Waals surface area contributed by atoms with Crippen molar-refractivity contribution in [3.8, 4) is 10.6 Å². The Morgan fingerprint density at radius 3 is 2.71 bits per heavy atom. The molecular weight excluding hydrogens is 345 g/mol. The number of thiazole rings is 2. The highest BCUT2D eigenvalue weighted by atomic mass is 35.5. The van der Waals surface area contributed by atoms with Crippen LogP contribution in [0.1, 0.15) is 16.3 Å². The Balaban J connectivity index is 1.87. The normalized spacial score (nSPS) is 11.0. The summed E-state index contributed by atoms with van der Waals surface area (Å²) >= 11 is 15.2. The quantitative estimate of drug-likeness (QED) is 0.714. The largest absolute Gasteiger partial charge is 0.375 e. The number of rotatable bonds is 3. The van der Waals surface area contributed by atoms with Crippen LogP contribution in [0.25, 0.3) is 10.6 Å². The number of anilines is 1. The Labute approximate surface area is 140 Å². The van der Waals surface area contributed by atoms with Crippen LogP contribution in [0.2, 0.25) is 10.0 Å². The van der Waals surface area contributed by atoms with Crippen LogP contribution >= 0.6 is 45.9 Å². The van der Waals surface area contributed by atoms with Gasteiger partial charge in [0.25, 0.3) is 0 Å². The number of nitrogens with zero attached hydrogens (tertiary/aromatic N) is 2. The summed E-state index contributed by atoms with van der Waals surface area (Å²) in [7, 11) is 0. The van der Waals surface area contributed by atoms with E-state index < -0.39 is 0 Å². The van der Waals surface area contributed by atoms with Crippen molar-refractivity contribution in [2.75, 3.05) is 5.73 Å². The van der Waals surface area contributed by atoms with Crippen molar-refractivity contribution in [2.24, 2.45) is 0 Å². The molecule has 7 heteroatoms. The number of halogens is 2. The van der Waals surface area contributed by atoms with E-state index in [4.69, 9.17) is 28.9 Å². The fourth-order valence-corrected chi connectivity index (χ4v) is 4.13. The van der Waals surface area contributed by atoms with Crippen molar-refractivity contribution in [2.45, 2.75) is 13.3 Å². The van der Waals surface area contributed by atoms with Gasteiger partial charge >= 0.3 is 0 Å². The lowest BCUT2D eigenvalue weighted by Gasteiger charge is -2.02. The molecule has 0 aliphatic heterocycles. The molecule has 2 heterocycles. The summed E-state index contributed by atoms with van der Waals surface area (Å²) in [6.45, 7) is 1.94. The highest BCUT2D eigenvalue weighted by Gasteiger charge is 2.13. The Hall–Kier alpha value is -1.14. The number of nitrogens with two attached hydrogens (primary N) is 1. The van der Waals surface area contributed by atoms with Crippen LogP contribution < -0.4 is 5.73 Å². The van der Waals surface area contributed by atoms with E-state index in [0.717, 1.165) is 26.8 Å². The first-order chi connectivity index (χ1) is 10.0. The highest BCUT2D eigenvalue weighted by Crippen LogP contribution is 2.33. The van der Waals surface area contributed by atoms with Crippen molar-refractivity contribution >= 4 is 51.0 Å². The Morgan fingerprint density at radius 2 is 2.05 bits per heavy atom. The summed E-state index contributed by atoms with van der Waals surface area (Å²) in [5, 5.41) is 4.90. The fraction of sp³-hybridized carbons (Fsp3) is 0.143. The van der Waals surface area contributed by atoms with E-state index >= 15 is 0 Å². The molecule has 1 aromatic carbocycles. The van der Waals surface area contributed by atoms with Gasteiger partial charge < -0.3 is 5.73 Å². The molecule has 2 N–H and O–H groups in total. The zero-order valence-electron chi connectivity index (χ0n) is 11.1.